The molecule has 1 aromatic heterocycles. The smallest absolute Gasteiger partial charge is 0.0909 e. The molecule has 3 N–H and O–H groups in total. The van der Waals surface area contributed by atoms with Gasteiger partial charge in [-0.15, -0.1) is 5.10 Å². The normalized spacial score (nSPS) is 19.9. The molecule has 1 aliphatic rings. The standard InChI is InChI=1S/C14H27N5O/c1-3-9-19-12(10-16-18-19)13(17-15)14(20-2)11-7-5-4-6-8-11/h10-11,13-14,17H,3-9,15H2,1-2H3. The number of hydrogen-bond acceptors (Lipinski definition) is 5. The Hall–Kier alpha value is -0.980. The van der Waals surface area contributed by atoms with Crippen LogP contribution < -0.4 is 11.3 Å². The number of aryl methyl sites for hydroxylation is 1. The van der Waals surface area contributed by atoms with E-state index in [1.807, 2.05) is 4.68 Å². The van der Waals surface area contributed by atoms with Gasteiger partial charge in [0.15, 0.2) is 0 Å². The van der Waals surface area contributed by atoms with Crippen LogP contribution in [0.5, 0.6) is 0 Å². The van der Waals surface area contributed by atoms with Gasteiger partial charge in [0.2, 0.25) is 0 Å². The van der Waals surface area contributed by atoms with Crippen LogP contribution in [0.3, 0.4) is 0 Å². The molecule has 1 fully saturated rings. The highest BCUT2D eigenvalue weighted by Crippen LogP contribution is 2.33. The second-order valence-corrected chi connectivity index (χ2v) is 5.62. The highest BCUT2D eigenvalue weighted by molar-refractivity contribution is 5.06. The molecule has 6 nitrogen and oxygen atoms in total. The first kappa shape index (κ1) is 15.4. The lowest BCUT2D eigenvalue weighted by Gasteiger charge is -2.34. The van der Waals surface area contributed by atoms with Gasteiger partial charge in [0.05, 0.1) is 24.0 Å². The van der Waals surface area contributed by atoms with E-state index >= 15 is 0 Å². The van der Waals surface area contributed by atoms with Crippen LogP contribution in [-0.4, -0.2) is 28.2 Å². The maximum absolute atomic E-state index is 5.81. The molecule has 0 saturated heterocycles. The maximum atomic E-state index is 5.81. The molecule has 0 aromatic carbocycles. The van der Waals surface area contributed by atoms with E-state index in [0.717, 1.165) is 18.7 Å². The van der Waals surface area contributed by atoms with E-state index in [4.69, 9.17) is 10.6 Å². The van der Waals surface area contributed by atoms with Crippen LogP contribution in [-0.2, 0) is 11.3 Å². The van der Waals surface area contributed by atoms with Crippen molar-refractivity contribution in [3.05, 3.63) is 11.9 Å². The lowest BCUT2D eigenvalue weighted by atomic mass is 9.82. The van der Waals surface area contributed by atoms with Gasteiger partial charge < -0.3 is 4.74 Å². The molecule has 114 valence electrons. The summed E-state index contributed by atoms with van der Waals surface area (Å²) in [5, 5.41) is 8.19. The van der Waals surface area contributed by atoms with Gasteiger partial charge in [-0.3, -0.25) is 5.84 Å². The van der Waals surface area contributed by atoms with Gasteiger partial charge in [0.25, 0.3) is 0 Å². The van der Waals surface area contributed by atoms with E-state index in [9.17, 15) is 0 Å². The third-order valence-electron chi connectivity index (χ3n) is 4.30. The Morgan fingerprint density at radius 3 is 2.80 bits per heavy atom. The largest absolute Gasteiger partial charge is 0.379 e. The minimum Gasteiger partial charge on any atom is -0.379 e. The zero-order valence-corrected chi connectivity index (χ0v) is 12.6. The quantitative estimate of drug-likeness (QED) is 0.588. The molecule has 0 aliphatic heterocycles. The van der Waals surface area contributed by atoms with Crippen molar-refractivity contribution >= 4 is 0 Å². The second kappa shape index (κ2) is 7.71. The lowest BCUT2D eigenvalue weighted by molar-refractivity contribution is 0.00529. The lowest BCUT2D eigenvalue weighted by Crippen LogP contribution is -2.43. The molecule has 6 heteroatoms. The Morgan fingerprint density at radius 1 is 1.45 bits per heavy atom. The number of ether oxygens (including phenoxy) is 1. The van der Waals surface area contributed by atoms with Gasteiger partial charge >= 0.3 is 0 Å². The van der Waals surface area contributed by atoms with Crippen LogP contribution in [0.25, 0.3) is 0 Å². The SMILES string of the molecule is CCCn1nncc1C(NN)C(OC)C1CCCCC1. The Balaban J connectivity index is 2.17. The zero-order chi connectivity index (χ0) is 14.4. The highest BCUT2D eigenvalue weighted by Gasteiger charge is 2.33. The number of aromatic nitrogens is 3. The average Bonchev–Trinajstić information content (AvgIpc) is 2.94. The number of rotatable bonds is 7. The molecule has 20 heavy (non-hydrogen) atoms. The van der Waals surface area contributed by atoms with E-state index in [1.165, 1.54) is 32.1 Å². The maximum Gasteiger partial charge on any atom is 0.0909 e. The Morgan fingerprint density at radius 2 is 2.20 bits per heavy atom. The summed E-state index contributed by atoms with van der Waals surface area (Å²) < 4.78 is 7.72. The van der Waals surface area contributed by atoms with E-state index in [2.05, 4.69) is 22.7 Å². The molecule has 0 spiro atoms. The predicted octanol–water partition coefficient (Wildman–Crippen LogP) is 1.79. The molecule has 1 aromatic rings. The summed E-state index contributed by atoms with van der Waals surface area (Å²) in [5.74, 6) is 6.37. The van der Waals surface area contributed by atoms with Crippen LogP contribution in [0.15, 0.2) is 6.20 Å². The fraction of sp³-hybridized carbons (Fsp3) is 0.857. The molecule has 1 aliphatic carbocycles. The molecule has 0 radical (unpaired) electrons. The van der Waals surface area contributed by atoms with Crippen molar-refractivity contribution in [1.82, 2.24) is 20.4 Å². The van der Waals surface area contributed by atoms with Crippen molar-refractivity contribution in [2.24, 2.45) is 11.8 Å². The fourth-order valence-electron chi connectivity index (χ4n) is 3.30. The first-order valence-corrected chi connectivity index (χ1v) is 7.69. The monoisotopic (exact) mass is 281 g/mol. The Bertz CT molecular complexity index is 389. The second-order valence-electron chi connectivity index (χ2n) is 5.62. The van der Waals surface area contributed by atoms with Gasteiger partial charge in [0.1, 0.15) is 0 Å². The number of nitrogens with zero attached hydrogens (tertiary/aromatic N) is 3. The summed E-state index contributed by atoms with van der Waals surface area (Å²) in [6.45, 7) is 2.99. The average molecular weight is 281 g/mol. The van der Waals surface area contributed by atoms with Crippen molar-refractivity contribution < 1.29 is 4.74 Å². The zero-order valence-electron chi connectivity index (χ0n) is 12.6. The van der Waals surface area contributed by atoms with Crippen molar-refractivity contribution in [1.29, 1.82) is 0 Å². The van der Waals surface area contributed by atoms with E-state index in [1.54, 1.807) is 13.3 Å². The highest BCUT2D eigenvalue weighted by atomic mass is 16.5. The van der Waals surface area contributed by atoms with Crippen LogP contribution in [0.2, 0.25) is 0 Å². The summed E-state index contributed by atoms with van der Waals surface area (Å²) in [6.07, 6.45) is 9.24. The van der Waals surface area contributed by atoms with Gasteiger partial charge in [-0.25, -0.2) is 10.1 Å². The fourth-order valence-corrected chi connectivity index (χ4v) is 3.30. The molecular formula is C14H27N5O. The van der Waals surface area contributed by atoms with Crippen LogP contribution in [0.4, 0.5) is 0 Å². The molecule has 2 unspecified atom stereocenters. The summed E-state index contributed by atoms with van der Waals surface area (Å²) in [4.78, 5) is 0. The number of nitrogens with one attached hydrogen (secondary N) is 1. The van der Waals surface area contributed by atoms with Crippen LogP contribution >= 0.6 is 0 Å². The third kappa shape index (κ3) is 3.37. The van der Waals surface area contributed by atoms with Crippen molar-refractivity contribution in [2.45, 2.75) is 64.1 Å². The van der Waals surface area contributed by atoms with Crippen molar-refractivity contribution in [3.8, 4) is 0 Å². The summed E-state index contributed by atoms with van der Waals surface area (Å²) in [5.41, 5.74) is 3.95. The minimum absolute atomic E-state index is 0.0513. The number of hydrazine groups is 1. The summed E-state index contributed by atoms with van der Waals surface area (Å²) >= 11 is 0. The first-order chi connectivity index (χ1) is 9.81. The molecule has 1 saturated carbocycles. The van der Waals surface area contributed by atoms with Crippen molar-refractivity contribution in [2.75, 3.05) is 7.11 Å². The number of methoxy groups -OCH3 is 1. The molecular weight excluding hydrogens is 254 g/mol. The first-order valence-electron chi connectivity index (χ1n) is 7.69. The van der Waals surface area contributed by atoms with E-state index in [0.29, 0.717) is 5.92 Å². The van der Waals surface area contributed by atoms with Crippen LogP contribution in [0.1, 0.15) is 57.2 Å². The van der Waals surface area contributed by atoms with E-state index < -0.39 is 0 Å². The van der Waals surface area contributed by atoms with Gasteiger partial charge in [-0.2, -0.15) is 0 Å². The van der Waals surface area contributed by atoms with Gasteiger partial charge in [-0.1, -0.05) is 31.4 Å². The molecule has 0 bridgehead atoms. The van der Waals surface area contributed by atoms with E-state index in [-0.39, 0.29) is 12.1 Å². The van der Waals surface area contributed by atoms with Crippen LogP contribution in [0, 0.1) is 5.92 Å². The Labute approximate surface area is 121 Å². The molecule has 0 amide bonds. The van der Waals surface area contributed by atoms with Gasteiger partial charge in [-0.05, 0) is 25.2 Å². The number of hydrogen-bond donors (Lipinski definition) is 2. The third-order valence-corrected chi connectivity index (χ3v) is 4.30. The number of nitrogens with two attached hydrogens (primary N) is 1. The van der Waals surface area contributed by atoms with Gasteiger partial charge in [0, 0.05) is 13.7 Å². The summed E-state index contributed by atoms with van der Waals surface area (Å²) in [7, 11) is 1.78. The Kier molecular flexibility index (Phi) is 5.94. The topological polar surface area (TPSA) is 78.0 Å². The summed E-state index contributed by atoms with van der Waals surface area (Å²) in [6, 6.07) is -0.0513. The molecule has 2 rings (SSSR count). The molecule has 1 heterocycles. The predicted molar refractivity (Wildman–Crippen MR) is 77.7 cm³/mol. The van der Waals surface area contributed by atoms with Crippen molar-refractivity contribution in [3.63, 3.8) is 0 Å². The minimum atomic E-state index is -0.0513. The molecule has 2 atom stereocenters.